The van der Waals surface area contributed by atoms with Crippen LogP contribution in [0.5, 0.6) is 5.75 Å². The minimum absolute atomic E-state index is 0.644. The molecule has 0 fully saturated rings. The van der Waals surface area contributed by atoms with Gasteiger partial charge in [0.05, 0.1) is 12.3 Å². The number of halogens is 1. The van der Waals surface area contributed by atoms with Gasteiger partial charge in [-0.1, -0.05) is 11.6 Å². The summed E-state index contributed by atoms with van der Waals surface area (Å²) in [7, 11) is 0. The second-order valence-electron chi connectivity index (χ2n) is 2.58. The topological polar surface area (TPSA) is 35.2 Å². The van der Waals surface area contributed by atoms with E-state index in [1.165, 1.54) is 0 Å². The average molecular weight is 170 g/mol. The maximum Gasteiger partial charge on any atom is 0.145 e. The van der Waals surface area contributed by atoms with Gasteiger partial charge in [-0.15, -0.1) is 0 Å². The predicted octanol–water partition coefficient (Wildman–Crippen LogP) is 1.86. The van der Waals surface area contributed by atoms with Gasteiger partial charge in [-0.25, -0.2) is 0 Å². The molecule has 0 radical (unpaired) electrons. The molecule has 2 nitrogen and oxygen atoms in total. The van der Waals surface area contributed by atoms with E-state index < -0.39 is 0 Å². The van der Waals surface area contributed by atoms with Crippen molar-refractivity contribution in [3.8, 4) is 5.75 Å². The summed E-state index contributed by atoms with van der Waals surface area (Å²) in [5, 5.41) is 0.687. The molecule has 0 saturated heterocycles. The number of benzene rings is 1. The molecule has 0 saturated carbocycles. The molecule has 2 N–H and O–H groups in total. The van der Waals surface area contributed by atoms with Gasteiger partial charge in [0.2, 0.25) is 0 Å². The quantitative estimate of drug-likeness (QED) is 0.602. The molecule has 0 aromatic heterocycles. The van der Waals surface area contributed by atoms with Gasteiger partial charge in [0.25, 0.3) is 0 Å². The third kappa shape index (κ3) is 1.03. The fraction of sp³-hybridized carbons (Fsp3) is 0.250. The van der Waals surface area contributed by atoms with E-state index in [9.17, 15) is 0 Å². The van der Waals surface area contributed by atoms with Gasteiger partial charge in [0, 0.05) is 17.0 Å². The lowest BCUT2D eigenvalue weighted by atomic mass is 10.1. The Labute approximate surface area is 69.9 Å². The van der Waals surface area contributed by atoms with Crippen LogP contribution in [0.2, 0.25) is 5.02 Å². The molecule has 0 aliphatic carbocycles. The number of rotatable bonds is 0. The van der Waals surface area contributed by atoms with Gasteiger partial charge in [-0.05, 0) is 12.1 Å². The molecule has 0 unspecified atom stereocenters. The number of nitrogens with two attached hydrogens (primary N) is 1. The van der Waals surface area contributed by atoms with Gasteiger partial charge < -0.3 is 10.5 Å². The summed E-state index contributed by atoms with van der Waals surface area (Å²) in [4.78, 5) is 0. The number of nitrogen functional groups attached to an aromatic ring is 1. The largest absolute Gasteiger partial charge is 0.491 e. The monoisotopic (exact) mass is 169 g/mol. The van der Waals surface area contributed by atoms with E-state index in [0.29, 0.717) is 10.7 Å². The van der Waals surface area contributed by atoms with Crippen molar-refractivity contribution in [2.45, 2.75) is 6.42 Å². The molecule has 0 atom stereocenters. The van der Waals surface area contributed by atoms with Crippen LogP contribution in [-0.4, -0.2) is 6.61 Å². The van der Waals surface area contributed by atoms with Crippen molar-refractivity contribution in [3.63, 3.8) is 0 Å². The van der Waals surface area contributed by atoms with Crippen molar-refractivity contribution in [1.82, 2.24) is 0 Å². The zero-order chi connectivity index (χ0) is 7.84. The zero-order valence-electron chi connectivity index (χ0n) is 5.93. The number of fused-ring (bicyclic) bond motifs is 1. The summed E-state index contributed by atoms with van der Waals surface area (Å²) in [6.07, 6.45) is 0.917. The third-order valence-electron chi connectivity index (χ3n) is 1.78. The smallest absolute Gasteiger partial charge is 0.145 e. The fourth-order valence-electron chi connectivity index (χ4n) is 1.30. The Balaban J connectivity index is 2.60. The van der Waals surface area contributed by atoms with Gasteiger partial charge >= 0.3 is 0 Å². The highest BCUT2D eigenvalue weighted by atomic mass is 35.5. The van der Waals surface area contributed by atoms with Crippen LogP contribution < -0.4 is 10.5 Å². The lowest BCUT2D eigenvalue weighted by Gasteiger charge is -2.02. The van der Waals surface area contributed by atoms with Crippen LogP contribution in [0.15, 0.2) is 12.1 Å². The molecule has 1 aliphatic rings. The molecular weight excluding hydrogens is 162 g/mol. The van der Waals surface area contributed by atoms with Gasteiger partial charge in [0.1, 0.15) is 5.75 Å². The molecule has 1 aromatic rings. The maximum absolute atomic E-state index is 5.79. The Bertz CT molecular complexity index is 298. The molecule has 11 heavy (non-hydrogen) atoms. The highest BCUT2D eigenvalue weighted by Crippen LogP contribution is 2.34. The molecule has 1 aromatic carbocycles. The van der Waals surface area contributed by atoms with Crippen LogP contribution >= 0.6 is 11.6 Å². The molecule has 0 spiro atoms. The van der Waals surface area contributed by atoms with Crippen LogP contribution in [0.1, 0.15) is 5.56 Å². The molecule has 0 amide bonds. The summed E-state index contributed by atoms with van der Waals surface area (Å²) in [6.45, 7) is 0.722. The lowest BCUT2D eigenvalue weighted by Crippen LogP contribution is -1.91. The highest BCUT2D eigenvalue weighted by molar-refractivity contribution is 6.31. The Morgan fingerprint density at radius 1 is 1.45 bits per heavy atom. The first kappa shape index (κ1) is 6.80. The van der Waals surface area contributed by atoms with Crippen LogP contribution in [0.4, 0.5) is 5.69 Å². The van der Waals surface area contributed by atoms with E-state index in [1.54, 1.807) is 6.07 Å². The van der Waals surface area contributed by atoms with E-state index in [-0.39, 0.29) is 0 Å². The van der Waals surface area contributed by atoms with Crippen LogP contribution in [0, 0.1) is 0 Å². The van der Waals surface area contributed by atoms with E-state index in [0.717, 1.165) is 24.3 Å². The standard InChI is InChI=1S/C8H8ClNO/c9-6-3-5-1-2-11-8(5)7(10)4-6/h3-4H,1-2,10H2. The van der Waals surface area contributed by atoms with Crippen molar-refractivity contribution < 1.29 is 4.74 Å². The molecule has 58 valence electrons. The molecule has 2 rings (SSSR count). The first-order chi connectivity index (χ1) is 5.27. The molecule has 3 heteroatoms. The van der Waals surface area contributed by atoms with Crippen molar-refractivity contribution >= 4 is 17.3 Å². The number of anilines is 1. The second kappa shape index (κ2) is 2.31. The van der Waals surface area contributed by atoms with Crippen molar-refractivity contribution in [2.24, 2.45) is 0 Å². The summed E-state index contributed by atoms with van der Waals surface area (Å²) in [5.41, 5.74) is 7.43. The van der Waals surface area contributed by atoms with Crippen LogP contribution in [-0.2, 0) is 6.42 Å². The summed E-state index contributed by atoms with van der Waals surface area (Å²) < 4.78 is 5.30. The van der Waals surface area contributed by atoms with E-state index in [4.69, 9.17) is 22.1 Å². The lowest BCUT2D eigenvalue weighted by molar-refractivity contribution is 0.358. The normalized spacial score (nSPS) is 14.3. The SMILES string of the molecule is Nc1cc(Cl)cc2c1OCC2. The summed E-state index contributed by atoms with van der Waals surface area (Å²) >= 11 is 5.79. The zero-order valence-corrected chi connectivity index (χ0v) is 6.69. The Hall–Kier alpha value is -0.890. The average Bonchev–Trinajstić information content (AvgIpc) is 2.34. The van der Waals surface area contributed by atoms with E-state index >= 15 is 0 Å². The molecule has 1 heterocycles. The molecule has 1 aliphatic heterocycles. The van der Waals surface area contributed by atoms with E-state index in [2.05, 4.69) is 0 Å². The van der Waals surface area contributed by atoms with Gasteiger partial charge in [0.15, 0.2) is 0 Å². The van der Waals surface area contributed by atoms with Crippen LogP contribution in [0.25, 0.3) is 0 Å². The van der Waals surface area contributed by atoms with E-state index in [1.807, 2.05) is 6.07 Å². The number of ether oxygens (including phenoxy) is 1. The summed E-state index contributed by atoms with van der Waals surface area (Å²) in [6, 6.07) is 3.62. The first-order valence-corrected chi connectivity index (χ1v) is 3.86. The molecular formula is C8H8ClNO. The minimum atomic E-state index is 0.644. The van der Waals surface area contributed by atoms with Gasteiger partial charge in [-0.2, -0.15) is 0 Å². The third-order valence-corrected chi connectivity index (χ3v) is 2.00. The Kier molecular flexibility index (Phi) is 1.43. The fourth-order valence-corrected chi connectivity index (χ4v) is 1.55. The van der Waals surface area contributed by atoms with Crippen molar-refractivity contribution in [2.75, 3.05) is 12.3 Å². The highest BCUT2D eigenvalue weighted by Gasteiger charge is 2.15. The summed E-state index contributed by atoms with van der Waals surface area (Å²) in [5.74, 6) is 0.814. The molecule has 0 bridgehead atoms. The Morgan fingerprint density at radius 2 is 2.27 bits per heavy atom. The maximum atomic E-state index is 5.79. The van der Waals surface area contributed by atoms with Crippen LogP contribution in [0.3, 0.4) is 0 Å². The minimum Gasteiger partial charge on any atom is -0.491 e. The number of hydrogen-bond donors (Lipinski definition) is 1. The van der Waals surface area contributed by atoms with Crippen molar-refractivity contribution in [3.05, 3.63) is 22.7 Å². The number of hydrogen-bond acceptors (Lipinski definition) is 2. The van der Waals surface area contributed by atoms with Crippen molar-refractivity contribution in [1.29, 1.82) is 0 Å². The van der Waals surface area contributed by atoms with Gasteiger partial charge in [-0.3, -0.25) is 0 Å². The Morgan fingerprint density at radius 3 is 3.09 bits per heavy atom. The second-order valence-corrected chi connectivity index (χ2v) is 3.02. The first-order valence-electron chi connectivity index (χ1n) is 3.48. The predicted molar refractivity (Wildman–Crippen MR) is 45.1 cm³/mol.